The van der Waals surface area contributed by atoms with Crippen molar-refractivity contribution in [2.24, 2.45) is 0 Å². The first-order valence-electron chi connectivity index (χ1n) is 10.8. The van der Waals surface area contributed by atoms with E-state index >= 15 is 0 Å². The van der Waals surface area contributed by atoms with Crippen molar-refractivity contribution in [1.29, 1.82) is 0 Å². The molecule has 3 aromatic carbocycles. The number of ether oxygens (including phenoxy) is 1. The second-order valence-corrected chi connectivity index (χ2v) is 10.7. The minimum absolute atomic E-state index is 0.121. The molecule has 0 bridgehead atoms. The molecule has 0 aromatic heterocycles. The molecule has 180 valence electrons. The Bertz CT molecular complexity index is 1160. The van der Waals surface area contributed by atoms with Crippen LogP contribution in [0.5, 0.6) is 5.75 Å². The lowest BCUT2D eigenvalue weighted by Crippen LogP contribution is -2.41. The number of benzene rings is 3. The maximum atomic E-state index is 13.3. The molecule has 3 rings (SSSR count). The second kappa shape index (κ2) is 12.7. The Kier molecular flexibility index (Phi) is 9.68. The Morgan fingerprint density at radius 2 is 1.68 bits per heavy atom. The summed E-state index contributed by atoms with van der Waals surface area (Å²) in [6.07, 6.45) is 0. The van der Waals surface area contributed by atoms with Gasteiger partial charge in [0.25, 0.3) is 10.0 Å². The van der Waals surface area contributed by atoms with E-state index in [2.05, 4.69) is 5.32 Å². The molecule has 9 heteroatoms. The number of rotatable bonds is 12. The zero-order valence-corrected chi connectivity index (χ0v) is 21.2. The standard InChI is InChI=1S/C25H27ClN2O4S2/c1-2-32-23-14-12-22(13-15-23)28(34(30,31)24-6-4-3-5-7-24)18-25(29)27-16-17-33-19-20-8-10-21(26)11-9-20/h3-15H,2,16-19H2,1H3,(H,27,29). The highest BCUT2D eigenvalue weighted by molar-refractivity contribution is 7.98. The molecule has 0 saturated carbocycles. The van der Waals surface area contributed by atoms with Gasteiger partial charge < -0.3 is 10.1 Å². The van der Waals surface area contributed by atoms with Gasteiger partial charge in [0.15, 0.2) is 0 Å². The third-order valence-corrected chi connectivity index (χ3v) is 7.87. The molecule has 0 fully saturated rings. The van der Waals surface area contributed by atoms with Crippen molar-refractivity contribution >= 4 is 45.0 Å². The van der Waals surface area contributed by atoms with Gasteiger partial charge in [0.1, 0.15) is 12.3 Å². The van der Waals surface area contributed by atoms with Gasteiger partial charge in [-0.2, -0.15) is 11.8 Å². The number of nitrogens with zero attached hydrogens (tertiary/aromatic N) is 1. The molecule has 0 aliphatic carbocycles. The van der Waals surface area contributed by atoms with Crippen molar-refractivity contribution in [3.63, 3.8) is 0 Å². The third kappa shape index (κ3) is 7.41. The zero-order valence-electron chi connectivity index (χ0n) is 18.8. The zero-order chi connectivity index (χ0) is 24.4. The van der Waals surface area contributed by atoms with E-state index in [0.717, 1.165) is 15.6 Å². The summed E-state index contributed by atoms with van der Waals surface area (Å²) < 4.78 is 33.2. The molecular weight excluding hydrogens is 492 g/mol. The van der Waals surface area contributed by atoms with E-state index in [0.29, 0.717) is 35.4 Å². The lowest BCUT2D eigenvalue weighted by molar-refractivity contribution is -0.119. The summed E-state index contributed by atoms with van der Waals surface area (Å²) in [5, 5.41) is 3.52. The van der Waals surface area contributed by atoms with E-state index in [1.807, 2.05) is 31.2 Å². The summed E-state index contributed by atoms with van der Waals surface area (Å²) in [5.74, 6) is 1.75. The van der Waals surface area contributed by atoms with Crippen molar-refractivity contribution in [2.75, 3.05) is 29.8 Å². The first-order valence-corrected chi connectivity index (χ1v) is 13.8. The summed E-state index contributed by atoms with van der Waals surface area (Å²) >= 11 is 7.58. The molecule has 0 atom stereocenters. The SMILES string of the molecule is CCOc1ccc(N(CC(=O)NCCSCc2ccc(Cl)cc2)S(=O)(=O)c2ccccc2)cc1. The smallest absolute Gasteiger partial charge is 0.264 e. The summed E-state index contributed by atoms with van der Waals surface area (Å²) in [6.45, 7) is 2.48. The van der Waals surface area contributed by atoms with Gasteiger partial charge in [0, 0.05) is 23.1 Å². The number of amides is 1. The number of nitrogens with one attached hydrogen (secondary N) is 1. The lowest BCUT2D eigenvalue weighted by Gasteiger charge is -2.24. The molecule has 0 aliphatic heterocycles. The van der Waals surface area contributed by atoms with E-state index in [4.69, 9.17) is 16.3 Å². The van der Waals surface area contributed by atoms with Crippen molar-refractivity contribution in [3.05, 3.63) is 89.4 Å². The van der Waals surface area contributed by atoms with Crippen molar-refractivity contribution in [2.45, 2.75) is 17.6 Å². The maximum absolute atomic E-state index is 13.3. The number of thioether (sulfide) groups is 1. The van der Waals surface area contributed by atoms with Gasteiger partial charge in [0.05, 0.1) is 17.2 Å². The molecule has 0 radical (unpaired) electrons. The Balaban J connectivity index is 1.63. The minimum atomic E-state index is -3.93. The summed E-state index contributed by atoms with van der Waals surface area (Å²) in [5.41, 5.74) is 1.54. The average molecular weight is 519 g/mol. The Labute approximate surface area is 210 Å². The molecule has 6 nitrogen and oxygen atoms in total. The molecule has 0 heterocycles. The van der Waals surface area contributed by atoms with Crippen LogP contribution >= 0.6 is 23.4 Å². The van der Waals surface area contributed by atoms with Crippen LogP contribution in [-0.4, -0.2) is 39.8 Å². The molecule has 0 aliphatic rings. The van der Waals surface area contributed by atoms with Crippen LogP contribution in [0.1, 0.15) is 12.5 Å². The van der Waals surface area contributed by atoms with Gasteiger partial charge in [-0.1, -0.05) is 41.9 Å². The largest absolute Gasteiger partial charge is 0.494 e. The Morgan fingerprint density at radius 1 is 1.00 bits per heavy atom. The van der Waals surface area contributed by atoms with Crippen LogP contribution in [0.15, 0.2) is 83.8 Å². The van der Waals surface area contributed by atoms with Gasteiger partial charge >= 0.3 is 0 Å². The molecule has 1 N–H and O–H groups in total. The number of halogens is 1. The number of anilines is 1. The highest BCUT2D eigenvalue weighted by Gasteiger charge is 2.27. The fourth-order valence-corrected chi connectivity index (χ4v) is 5.52. The number of carbonyl (C=O) groups is 1. The van der Waals surface area contributed by atoms with Crippen LogP contribution in [0, 0.1) is 0 Å². The Morgan fingerprint density at radius 3 is 2.32 bits per heavy atom. The highest BCUT2D eigenvalue weighted by Crippen LogP contribution is 2.25. The number of carbonyl (C=O) groups excluding carboxylic acids is 1. The van der Waals surface area contributed by atoms with Gasteiger partial charge in [-0.25, -0.2) is 8.42 Å². The molecule has 0 unspecified atom stereocenters. The van der Waals surface area contributed by atoms with Crippen molar-refractivity contribution < 1.29 is 17.9 Å². The van der Waals surface area contributed by atoms with Crippen LogP contribution in [0.2, 0.25) is 5.02 Å². The molecular formula is C25H27ClN2O4S2. The predicted octanol–water partition coefficient (Wildman–Crippen LogP) is 4.98. The highest BCUT2D eigenvalue weighted by atomic mass is 35.5. The topological polar surface area (TPSA) is 75.7 Å². The van der Waals surface area contributed by atoms with Crippen LogP contribution in [0.4, 0.5) is 5.69 Å². The summed E-state index contributed by atoms with van der Waals surface area (Å²) in [7, 11) is -3.93. The van der Waals surface area contributed by atoms with Gasteiger partial charge in [-0.05, 0) is 61.0 Å². The molecule has 1 amide bonds. The fourth-order valence-electron chi connectivity index (χ4n) is 3.13. The minimum Gasteiger partial charge on any atom is -0.494 e. The van der Waals surface area contributed by atoms with Gasteiger partial charge in [-0.3, -0.25) is 9.10 Å². The average Bonchev–Trinajstić information content (AvgIpc) is 2.85. The quantitative estimate of drug-likeness (QED) is 0.342. The lowest BCUT2D eigenvalue weighted by atomic mass is 10.2. The van der Waals surface area contributed by atoms with Crippen molar-refractivity contribution in [3.8, 4) is 5.75 Å². The van der Waals surface area contributed by atoms with Gasteiger partial charge in [-0.15, -0.1) is 0 Å². The summed E-state index contributed by atoms with van der Waals surface area (Å²) in [4.78, 5) is 12.8. The van der Waals surface area contributed by atoms with Gasteiger partial charge in [0.2, 0.25) is 5.91 Å². The van der Waals surface area contributed by atoms with Crippen LogP contribution in [0.3, 0.4) is 0 Å². The van der Waals surface area contributed by atoms with Crippen LogP contribution in [-0.2, 0) is 20.6 Å². The van der Waals surface area contributed by atoms with E-state index in [-0.39, 0.29) is 17.3 Å². The molecule has 0 saturated heterocycles. The number of hydrogen-bond acceptors (Lipinski definition) is 5. The van der Waals surface area contributed by atoms with Crippen LogP contribution < -0.4 is 14.4 Å². The monoisotopic (exact) mass is 518 g/mol. The van der Waals surface area contributed by atoms with E-state index in [1.54, 1.807) is 54.2 Å². The summed E-state index contributed by atoms with van der Waals surface area (Å²) in [6, 6.07) is 22.4. The first-order chi connectivity index (χ1) is 16.4. The Hall–Kier alpha value is -2.68. The van der Waals surface area contributed by atoms with E-state index in [9.17, 15) is 13.2 Å². The van der Waals surface area contributed by atoms with E-state index in [1.165, 1.54) is 12.1 Å². The molecule has 3 aromatic rings. The predicted molar refractivity (Wildman–Crippen MR) is 139 cm³/mol. The fraction of sp³-hybridized carbons (Fsp3) is 0.240. The van der Waals surface area contributed by atoms with Crippen LogP contribution in [0.25, 0.3) is 0 Å². The third-order valence-electron chi connectivity index (χ3n) is 4.80. The number of sulfonamides is 1. The molecule has 0 spiro atoms. The second-order valence-electron chi connectivity index (χ2n) is 7.28. The molecule has 34 heavy (non-hydrogen) atoms. The maximum Gasteiger partial charge on any atom is 0.264 e. The number of hydrogen-bond donors (Lipinski definition) is 1. The van der Waals surface area contributed by atoms with E-state index < -0.39 is 10.0 Å². The van der Waals surface area contributed by atoms with Crippen molar-refractivity contribution in [1.82, 2.24) is 5.32 Å². The first kappa shape index (κ1) is 25.9. The normalized spacial score (nSPS) is 11.1.